The van der Waals surface area contributed by atoms with Gasteiger partial charge < -0.3 is 15.0 Å². The zero-order valence-electron chi connectivity index (χ0n) is 18.6. The van der Waals surface area contributed by atoms with Crippen molar-refractivity contribution in [3.63, 3.8) is 0 Å². The van der Waals surface area contributed by atoms with Gasteiger partial charge in [0.25, 0.3) is 5.91 Å². The van der Waals surface area contributed by atoms with E-state index in [2.05, 4.69) is 34.9 Å². The molecule has 0 spiro atoms. The Labute approximate surface area is 193 Å². The van der Waals surface area contributed by atoms with Crippen LogP contribution in [0.1, 0.15) is 52.7 Å². The third kappa shape index (κ3) is 4.64. The molecule has 3 amide bonds. The molecule has 1 atom stereocenters. The van der Waals surface area contributed by atoms with E-state index < -0.39 is 11.9 Å². The van der Waals surface area contributed by atoms with Crippen LogP contribution < -0.4 is 15.4 Å². The van der Waals surface area contributed by atoms with E-state index in [9.17, 15) is 14.4 Å². The molecule has 7 nitrogen and oxygen atoms in total. The maximum Gasteiger partial charge on any atom is 0.255 e. The number of nitrogens with zero attached hydrogens (tertiary/aromatic N) is 1. The number of hydrogen-bond donors (Lipinski definition) is 2. The molecule has 0 bridgehead atoms. The van der Waals surface area contributed by atoms with E-state index in [1.54, 1.807) is 11.0 Å². The van der Waals surface area contributed by atoms with Crippen molar-refractivity contribution in [2.45, 2.75) is 51.3 Å². The molecule has 3 aliphatic heterocycles. The first-order valence-electron chi connectivity index (χ1n) is 11.8. The Bertz CT molecular complexity index is 1060. The Kier molecular flexibility index (Phi) is 6.13. The average molecular weight is 448 g/mol. The lowest BCUT2D eigenvalue weighted by Gasteiger charge is -2.29. The number of rotatable bonds is 6. The minimum absolute atomic E-state index is 0.188. The molecule has 1 unspecified atom stereocenters. The van der Waals surface area contributed by atoms with E-state index in [0.717, 1.165) is 36.6 Å². The molecule has 0 aromatic heterocycles. The summed E-state index contributed by atoms with van der Waals surface area (Å²) in [5, 5.41) is 5.75. The van der Waals surface area contributed by atoms with Crippen LogP contribution in [0.4, 0.5) is 0 Å². The molecule has 2 N–H and O–H groups in total. The fraction of sp³-hybridized carbons (Fsp3) is 0.423. The summed E-state index contributed by atoms with van der Waals surface area (Å²) >= 11 is 0. The van der Waals surface area contributed by atoms with Crippen LogP contribution in [0.2, 0.25) is 0 Å². The van der Waals surface area contributed by atoms with Crippen LogP contribution in [0.3, 0.4) is 0 Å². The van der Waals surface area contributed by atoms with Crippen LogP contribution in [-0.2, 0) is 29.2 Å². The number of imide groups is 1. The molecular formula is C26H29N3O4. The predicted octanol–water partition coefficient (Wildman–Crippen LogP) is 2.57. The Morgan fingerprint density at radius 2 is 1.70 bits per heavy atom. The van der Waals surface area contributed by atoms with Gasteiger partial charge in [0.1, 0.15) is 18.4 Å². The van der Waals surface area contributed by atoms with Crippen molar-refractivity contribution in [1.29, 1.82) is 0 Å². The normalized spacial score (nSPS) is 21.2. The van der Waals surface area contributed by atoms with Crippen molar-refractivity contribution in [3.05, 3.63) is 64.7 Å². The van der Waals surface area contributed by atoms with Gasteiger partial charge in [-0.15, -0.1) is 0 Å². The van der Waals surface area contributed by atoms with Crippen molar-refractivity contribution in [2.75, 3.05) is 13.1 Å². The van der Waals surface area contributed by atoms with E-state index in [4.69, 9.17) is 4.74 Å². The average Bonchev–Trinajstić information content (AvgIpc) is 3.16. The minimum atomic E-state index is -0.622. The van der Waals surface area contributed by atoms with Crippen LogP contribution in [-0.4, -0.2) is 41.8 Å². The molecule has 2 aromatic rings. The number of fused-ring (bicyclic) bond motifs is 1. The van der Waals surface area contributed by atoms with Crippen LogP contribution in [0.5, 0.6) is 5.75 Å². The van der Waals surface area contributed by atoms with E-state index in [1.807, 2.05) is 12.1 Å². The second kappa shape index (κ2) is 9.35. The Balaban J connectivity index is 1.23. The van der Waals surface area contributed by atoms with Crippen molar-refractivity contribution < 1.29 is 19.1 Å². The molecule has 0 saturated carbocycles. The minimum Gasteiger partial charge on any atom is -0.489 e. The third-order valence-corrected chi connectivity index (χ3v) is 6.94. The van der Waals surface area contributed by atoms with Gasteiger partial charge >= 0.3 is 0 Å². The molecule has 0 radical (unpaired) electrons. The zero-order valence-corrected chi connectivity index (χ0v) is 18.6. The van der Waals surface area contributed by atoms with Gasteiger partial charge in [0.2, 0.25) is 11.8 Å². The third-order valence-electron chi connectivity index (χ3n) is 6.94. The largest absolute Gasteiger partial charge is 0.489 e. The molecule has 33 heavy (non-hydrogen) atoms. The molecular weight excluding hydrogens is 418 g/mol. The Morgan fingerprint density at radius 3 is 2.45 bits per heavy atom. The molecule has 172 valence electrons. The van der Waals surface area contributed by atoms with Gasteiger partial charge in [0.05, 0.1) is 6.54 Å². The number of amides is 3. The molecule has 2 aromatic carbocycles. The zero-order chi connectivity index (χ0) is 22.8. The maximum absolute atomic E-state index is 13.0. The van der Waals surface area contributed by atoms with Crippen molar-refractivity contribution >= 4 is 17.7 Å². The predicted molar refractivity (Wildman–Crippen MR) is 123 cm³/mol. The fourth-order valence-electron chi connectivity index (χ4n) is 5.04. The van der Waals surface area contributed by atoms with E-state index in [0.29, 0.717) is 30.9 Å². The molecule has 2 fully saturated rings. The second-order valence-electron chi connectivity index (χ2n) is 9.18. The van der Waals surface area contributed by atoms with E-state index in [-0.39, 0.29) is 18.2 Å². The summed E-state index contributed by atoms with van der Waals surface area (Å²) in [5.74, 6) is 0.539. The molecule has 7 heteroatoms. The standard InChI is InChI=1S/C26H29N3O4/c30-24-9-8-22(25(31)28-24)29-15-21-20(26(29)32)2-1-3-23(21)33-16-19-6-4-17(5-7-19)14-18-10-12-27-13-11-18/h1-7,18,22,27H,8-16H2,(H,28,30,31). The first kappa shape index (κ1) is 21.6. The number of piperidine rings is 2. The number of carbonyl (C=O) groups excluding carboxylic acids is 3. The lowest BCUT2D eigenvalue weighted by molar-refractivity contribution is -0.136. The fourth-order valence-corrected chi connectivity index (χ4v) is 5.04. The molecule has 2 saturated heterocycles. The van der Waals surface area contributed by atoms with Crippen molar-refractivity contribution in [1.82, 2.24) is 15.5 Å². The lowest BCUT2D eigenvalue weighted by atomic mass is 9.91. The molecule has 3 heterocycles. The van der Waals surface area contributed by atoms with Crippen LogP contribution in [0, 0.1) is 5.92 Å². The highest BCUT2D eigenvalue weighted by atomic mass is 16.5. The molecule has 3 aliphatic rings. The monoisotopic (exact) mass is 447 g/mol. The lowest BCUT2D eigenvalue weighted by Crippen LogP contribution is -2.52. The SMILES string of the molecule is O=C1CCC(N2Cc3c(OCc4ccc(CC5CCNCC5)cc4)cccc3C2=O)C(=O)N1. The first-order chi connectivity index (χ1) is 16.1. The van der Waals surface area contributed by atoms with Gasteiger partial charge in [-0.2, -0.15) is 0 Å². The van der Waals surface area contributed by atoms with Crippen molar-refractivity contribution in [3.8, 4) is 5.75 Å². The number of nitrogens with one attached hydrogen (secondary N) is 2. The van der Waals surface area contributed by atoms with Crippen LogP contribution in [0.15, 0.2) is 42.5 Å². The molecule has 0 aliphatic carbocycles. The highest BCUT2D eigenvalue weighted by Crippen LogP contribution is 2.34. The summed E-state index contributed by atoms with van der Waals surface area (Å²) in [6, 6.07) is 13.4. The molecule has 5 rings (SSSR count). The Hall–Kier alpha value is -3.19. The van der Waals surface area contributed by atoms with Crippen LogP contribution >= 0.6 is 0 Å². The number of benzene rings is 2. The number of hydrogen-bond acceptors (Lipinski definition) is 5. The summed E-state index contributed by atoms with van der Waals surface area (Å²) < 4.78 is 6.11. The topological polar surface area (TPSA) is 87.7 Å². The second-order valence-corrected chi connectivity index (χ2v) is 9.18. The smallest absolute Gasteiger partial charge is 0.255 e. The van der Waals surface area contributed by atoms with Gasteiger partial charge in [0, 0.05) is 17.5 Å². The van der Waals surface area contributed by atoms with Gasteiger partial charge in [-0.25, -0.2) is 0 Å². The van der Waals surface area contributed by atoms with E-state index in [1.165, 1.54) is 18.4 Å². The van der Waals surface area contributed by atoms with Gasteiger partial charge in [-0.3, -0.25) is 19.7 Å². The number of carbonyl (C=O) groups is 3. The summed E-state index contributed by atoms with van der Waals surface area (Å²) in [7, 11) is 0. The summed E-state index contributed by atoms with van der Waals surface area (Å²) in [4.78, 5) is 38.3. The Morgan fingerprint density at radius 1 is 0.939 bits per heavy atom. The maximum atomic E-state index is 13.0. The first-order valence-corrected chi connectivity index (χ1v) is 11.8. The van der Waals surface area contributed by atoms with Gasteiger partial charge in [-0.05, 0) is 68.0 Å². The summed E-state index contributed by atoms with van der Waals surface area (Å²) in [6.45, 7) is 2.95. The quantitative estimate of drug-likeness (QED) is 0.665. The van der Waals surface area contributed by atoms with Crippen LogP contribution in [0.25, 0.3) is 0 Å². The highest BCUT2D eigenvalue weighted by Gasteiger charge is 2.40. The summed E-state index contributed by atoms with van der Waals surface area (Å²) in [6.07, 6.45) is 4.18. The highest BCUT2D eigenvalue weighted by molar-refractivity contribution is 6.05. The van der Waals surface area contributed by atoms with Crippen molar-refractivity contribution in [2.24, 2.45) is 5.92 Å². The summed E-state index contributed by atoms with van der Waals surface area (Å²) in [5.41, 5.74) is 3.80. The van der Waals surface area contributed by atoms with E-state index >= 15 is 0 Å². The van der Waals surface area contributed by atoms with Gasteiger partial charge in [0.15, 0.2) is 0 Å². The van der Waals surface area contributed by atoms with Gasteiger partial charge in [-0.1, -0.05) is 30.3 Å². The number of ether oxygens (including phenoxy) is 1.